The molecule has 1 aromatic carbocycles. The predicted molar refractivity (Wildman–Crippen MR) is 98.9 cm³/mol. The Balaban J connectivity index is 1.72. The van der Waals surface area contributed by atoms with Crippen LogP contribution in [0.25, 0.3) is 0 Å². The maximum absolute atomic E-state index is 12.7. The smallest absolute Gasteiger partial charge is 0.329 e. The van der Waals surface area contributed by atoms with Crippen LogP contribution in [0.15, 0.2) is 16.6 Å². The van der Waals surface area contributed by atoms with Crippen molar-refractivity contribution in [2.24, 2.45) is 0 Å². The van der Waals surface area contributed by atoms with Gasteiger partial charge in [-0.3, -0.25) is 4.79 Å². The van der Waals surface area contributed by atoms with E-state index in [0.29, 0.717) is 38.9 Å². The molecule has 26 heavy (non-hydrogen) atoms. The first-order chi connectivity index (χ1) is 12.3. The SMILES string of the molecule is Cc1ccc(Br)c(C)c1CC(=O)NC1(C(=O)O)CCC2(CC1)OCCO2. The van der Waals surface area contributed by atoms with Gasteiger partial charge < -0.3 is 19.9 Å². The molecule has 1 amide bonds. The largest absolute Gasteiger partial charge is 0.480 e. The van der Waals surface area contributed by atoms with Gasteiger partial charge in [0.15, 0.2) is 5.79 Å². The van der Waals surface area contributed by atoms with Crippen LogP contribution >= 0.6 is 15.9 Å². The molecule has 7 heteroatoms. The highest BCUT2D eigenvalue weighted by Gasteiger charge is 2.50. The average molecular weight is 426 g/mol. The highest BCUT2D eigenvalue weighted by Crippen LogP contribution is 2.40. The Labute approximate surface area is 161 Å². The number of rotatable bonds is 4. The number of carboxylic acids is 1. The molecule has 142 valence electrons. The van der Waals surface area contributed by atoms with Crippen LogP contribution in [0.2, 0.25) is 0 Å². The quantitative estimate of drug-likeness (QED) is 0.774. The lowest BCUT2D eigenvalue weighted by Gasteiger charge is -2.41. The second-order valence-corrected chi connectivity index (χ2v) is 8.04. The Morgan fingerprint density at radius 2 is 1.77 bits per heavy atom. The van der Waals surface area contributed by atoms with Crippen molar-refractivity contribution in [2.75, 3.05) is 13.2 Å². The molecule has 1 spiro atoms. The van der Waals surface area contributed by atoms with Gasteiger partial charge in [-0.2, -0.15) is 0 Å². The third kappa shape index (κ3) is 3.66. The molecular formula is C19H24BrNO5. The minimum atomic E-state index is -1.26. The summed E-state index contributed by atoms with van der Waals surface area (Å²) in [7, 11) is 0. The van der Waals surface area contributed by atoms with Crippen LogP contribution in [0.4, 0.5) is 0 Å². The number of nitrogens with one attached hydrogen (secondary N) is 1. The van der Waals surface area contributed by atoms with E-state index in [4.69, 9.17) is 9.47 Å². The van der Waals surface area contributed by atoms with E-state index in [0.717, 1.165) is 21.2 Å². The molecule has 1 heterocycles. The van der Waals surface area contributed by atoms with Gasteiger partial charge >= 0.3 is 5.97 Å². The van der Waals surface area contributed by atoms with E-state index < -0.39 is 17.3 Å². The Kier molecular flexibility index (Phi) is 5.42. The number of halogens is 1. The summed E-state index contributed by atoms with van der Waals surface area (Å²) in [6, 6.07) is 3.90. The van der Waals surface area contributed by atoms with Crippen molar-refractivity contribution in [1.82, 2.24) is 5.32 Å². The van der Waals surface area contributed by atoms with Gasteiger partial charge in [0.05, 0.1) is 19.6 Å². The first kappa shape index (κ1) is 19.3. The third-order valence-electron chi connectivity index (χ3n) is 5.57. The van der Waals surface area contributed by atoms with E-state index in [9.17, 15) is 14.7 Å². The summed E-state index contributed by atoms with van der Waals surface area (Å²) in [4.78, 5) is 24.6. The molecule has 1 aromatic rings. The van der Waals surface area contributed by atoms with E-state index in [1.54, 1.807) is 0 Å². The molecular weight excluding hydrogens is 402 g/mol. The summed E-state index contributed by atoms with van der Waals surface area (Å²) in [6.45, 7) is 4.97. The molecule has 1 aliphatic heterocycles. The minimum absolute atomic E-state index is 0.157. The maximum atomic E-state index is 12.7. The zero-order valence-corrected chi connectivity index (χ0v) is 16.6. The number of carboxylic acid groups (broad SMARTS) is 1. The normalized spacial score (nSPS) is 20.9. The van der Waals surface area contributed by atoms with Crippen molar-refractivity contribution < 1.29 is 24.2 Å². The fourth-order valence-corrected chi connectivity index (χ4v) is 4.21. The van der Waals surface area contributed by atoms with Crippen molar-refractivity contribution in [2.45, 2.75) is 57.3 Å². The summed E-state index contributed by atoms with van der Waals surface area (Å²) in [5.41, 5.74) is 1.68. The Bertz CT molecular complexity index is 717. The van der Waals surface area contributed by atoms with Crippen LogP contribution in [-0.2, 0) is 25.5 Å². The molecule has 0 atom stereocenters. The fraction of sp³-hybridized carbons (Fsp3) is 0.579. The second-order valence-electron chi connectivity index (χ2n) is 7.19. The summed E-state index contributed by atoms with van der Waals surface area (Å²) >= 11 is 3.48. The lowest BCUT2D eigenvalue weighted by atomic mass is 9.78. The van der Waals surface area contributed by atoms with Crippen LogP contribution in [-0.4, -0.2) is 41.5 Å². The molecule has 2 fully saturated rings. The van der Waals surface area contributed by atoms with Crippen molar-refractivity contribution in [3.63, 3.8) is 0 Å². The molecule has 2 N–H and O–H groups in total. The van der Waals surface area contributed by atoms with Gasteiger partial charge in [0, 0.05) is 17.3 Å². The van der Waals surface area contributed by atoms with Crippen LogP contribution in [0, 0.1) is 13.8 Å². The molecule has 6 nitrogen and oxygen atoms in total. The number of hydrogen-bond donors (Lipinski definition) is 2. The summed E-state index contributed by atoms with van der Waals surface area (Å²) in [6.07, 6.45) is 1.68. The van der Waals surface area contributed by atoms with Crippen LogP contribution in [0.3, 0.4) is 0 Å². The van der Waals surface area contributed by atoms with Crippen molar-refractivity contribution in [1.29, 1.82) is 0 Å². The Morgan fingerprint density at radius 3 is 2.35 bits per heavy atom. The van der Waals surface area contributed by atoms with Gasteiger partial charge in [0.2, 0.25) is 5.91 Å². The molecule has 2 aliphatic rings. The summed E-state index contributed by atoms with van der Waals surface area (Å²) < 4.78 is 12.3. The van der Waals surface area contributed by atoms with Crippen LogP contribution in [0.1, 0.15) is 42.4 Å². The first-order valence-electron chi connectivity index (χ1n) is 8.84. The number of ether oxygens (including phenoxy) is 2. The van der Waals surface area contributed by atoms with Crippen molar-refractivity contribution >= 4 is 27.8 Å². The van der Waals surface area contributed by atoms with Gasteiger partial charge in [-0.15, -0.1) is 0 Å². The van der Waals surface area contributed by atoms with Crippen molar-refractivity contribution in [3.05, 3.63) is 33.3 Å². The number of amides is 1. The molecule has 0 radical (unpaired) electrons. The molecule has 1 saturated carbocycles. The number of aliphatic carboxylic acids is 1. The second kappa shape index (κ2) is 7.29. The van der Waals surface area contributed by atoms with Crippen LogP contribution < -0.4 is 5.32 Å². The van der Waals surface area contributed by atoms with Gasteiger partial charge in [-0.25, -0.2) is 4.79 Å². The van der Waals surface area contributed by atoms with Gasteiger partial charge in [-0.05, 0) is 49.4 Å². The summed E-state index contributed by atoms with van der Waals surface area (Å²) in [5, 5.41) is 12.6. The number of carbonyl (C=O) groups is 2. The minimum Gasteiger partial charge on any atom is -0.480 e. The topological polar surface area (TPSA) is 84.9 Å². The number of hydrogen-bond acceptors (Lipinski definition) is 4. The molecule has 1 saturated heterocycles. The van der Waals surface area contributed by atoms with E-state index in [1.807, 2.05) is 26.0 Å². The molecule has 1 aliphatic carbocycles. The van der Waals surface area contributed by atoms with Crippen LogP contribution in [0.5, 0.6) is 0 Å². The predicted octanol–water partition coefficient (Wildman–Crippen LogP) is 2.87. The Hall–Kier alpha value is -1.44. The van der Waals surface area contributed by atoms with Gasteiger partial charge in [0.25, 0.3) is 0 Å². The average Bonchev–Trinajstić information content (AvgIpc) is 3.06. The Morgan fingerprint density at radius 1 is 1.15 bits per heavy atom. The third-order valence-corrected chi connectivity index (χ3v) is 6.43. The zero-order valence-electron chi connectivity index (χ0n) is 15.1. The van der Waals surface area contributed by atoms with E-state index in [-0.39, 0.29) is 12.3 Å². The highest BCUT2D eigenvalue weighted by molar-refractivity contribution is 9.10. The molecule has 0 aromatic heterocycles. The lowest BCUT2D eigenvalue weighted by molar-refractivity contribution is -0.191. The number of carbonyl (C=O) groups excluding carboxylic acids is 1. The zero-order chi connectivity index (χ0) is 18.9. The van der Waals surface area contributed by atoms with Crippen molar-refractivity contribution in [3.8, 4) is 0 Å². The van der Waals surface area contributed by atoms with E-state index >= 15 is 0 Å². The lowest BCUT2D eigenvalue weighted by Crippen LogP contribution is -2.59. The highest BCUT2D eigenvalue weighted by atomic mass is 79.9. The molecule has 0 unspecified atom stereocenters. The summed E-state index contributed by atoms with van der Waals surface area (Å²) in [5.74, 6) is -1.94. The first-order valence-corrected chi connectivity index (χ1v) is 9.63. The van der Waals surface area contributed by atoms with E-state index in [2.05, 4.69) is 21.2 Å². The number of aryl methyl sites for hydroxylation is 1. The maximum Gasteiger partial charge on any atom is 0.329 e. The fourth-order valence-electron chi connectivity index (χ4n) is 3.84. The monoisotopic (exact) mass is 425 g/mol. The van der Waals surface area contributed by atoms with Gasteiger partial charge in [0.1, 0.15) is 5.54 Å². The van der Waals surface area contributed by atoms with E-state index in [1.165, 1.54) is 0 Å². The van der Waals surface area contributed by atoms with Gasteiger partial charge in [-0.1, -0.05) is 22.0 Å². The molecule has 0 bridgehead atoms. The number of benzene rings is 1. The standard InChI is InChI=1S/C19H24BrNO5/c1-12-3-4-15(20)13(2)14(12)11-16(22)21-18(17(23)24)5-7-19(8-6-18)25-9-10-26-19/h3-4H,5-11H2,1-2H3,(H,21,22)(H,23,24). The molecule has 3 rings (SSSR count).